The number of nitrogens with zero attached hydrogens (tertiary/aromatic N) is 2. The van der Waals surface area contributed by atoms with Gasteiger partial charge in [-0.2, -0.15) is 0 Å². The fourth-order valence-corrected chi connectivity index (χ4v) is 6.66. The van der Waals surface area contributed by atoms with Gasteiger partial charge in [0.25, 0.3) is 0 Å². The second-order valence-electron chi connectivity index (χ2n) is 11.4. The number of rotatable bonds is 4. The van der Waals surface area contributed by atoms with Crippen molar-refractivity contribution < 1.29 is 4.42 Å². The molecule has 0 aliphatic carbocycles. The second-order valence-corrected chi connectivity index (χ2v) is 11.4. The lowest BCUT2D eigenvalue weighted by Crippen LogP contribution is -2.34. The highest BCUT2D eigenvalue weighted by Gasteiger charge is 2.27. The molecule has 45 heavy (non-hydrogen) atoms. The van der Waals surface area contributed by atoms with Crippen molar-refractivity contribution in [2.24, 2.45) is 9.98 Å². The Labute approximate surface area is 260 Å². The lowest BCUT2D eigenvalue weighted by molar-refractivity contribution is 0.668. The summed E-state index contributed by atoms with van der Waals surface area (Å²) in [6, 6.07) is 52.7. The first-order valence-corrected chi connectivity index (χ1v) is 15.2. The number of fused-ring (bicyclic) bond motifs is 6. The Morgan fingerprint density at radius 1 is 0.533 bits per heavy atom. The summed E-state index contributed by atoms with van der Waals surface area (Å²) in [6.45, 7) is 0. The summed E-state index contributed by atoms with van der Waals surface area (Å²) in [4.78, 5) is 10.4. The Balaban J connectivity index is 1.38. The number of aliphatic imine (C=N–C) groups is 2. The van der Waals surface area contributed by atoms with Gasteiger partial charge in [-0.25, -0.2) is 9.98 Å². The standard InChI is InChI=1S/C41H27N3O/c1-3-13-26(14-4-1)39-42-40(27-15-5-2-6-16-27)44-41(43-39)38-32(23-24-36-37(38)33-21-11-12-22-35(33)45-36)34-25-28-17-7-8-18-29(28)30-19-9-10-20-31(30)34/h1-25,39H,(H,42,43,44). The second kappa shape index (κ2) is 10.3. The fourth-order valence-electron chi connectivity index (χ4n) is 6.66. The predicted octanol–water partition coefficient (Wildman–Crippen LogP) is 10.1. The van der Waals surface area contributed by atoms with Crippen molar-refractivity contribution in [3.05, 3.63) is 168 Å². The fraction of sp³-hybridized carbons (Fsp3) is 0.0244. The minimum Gasteiger partial charge on any atom is -0.456 e. The third-order valence-electron chi connectivity index (χ3n) is 8.73. The maximum Gasteiger partial charge on any atom is 0.159 e. The summed E-state index contributed by atoms with van der Waals surface area (Å²) in [5.41, 5.74) is 6.95. The van der Waals surface area contributed by atoms with Crippen LogP contribution in [0.3, 0.4) is 0 Å². The molecule has 212 valence electrons. The van der Waals surface area contributed by atoms with E-state index in [0.29, 0.717) is 5.84 Å². The van der Waals surface area contributed by atoms with Crippen molar-refractivity contribution in [3.63, 3.8) is 0 Å². The molecular weight excluding hydrogens is 550 g/mol. The van der Waals surface area contributed by atoms with Gasteiger partial charge in [0.2, 0.25) is 0 Å². The molecular formula is C41H27N3O. The van der Waals surface area contributed by atoms with Crippen molar-refractivity contribution in [1.29, 1.82) is 0 Å². The number of hydrogen-bond donors (Lipinski definition) is 1. The third-order valence-corrected chi connectivity index (χ3v) is 8.73. The van der Waals surface area contributed by atoms with Crippen LogP contribution in [0.25, 0.3) is 54.6 Å². The lowest BCUT2D eigenvalue weighted by atomic mass is 9.88. The molecule has 0 spiro atoms. The van der Waals surface area contributed by atoms with Gasteiger partial charge in [0.05, 0.1) is 0 Å². The van der Waals surface area contributed by atoms with Crippen molar-refractivity contribution in [2.45, 2.75) is 6.17 Å². The molecule has 4 nitrogen and oxygen atoms in total. The van der Waals surface area contributed by atoms with Gasteiger partial charge in [-0.3, -0.25) is 0 Å². The number of nitrogens with one attached hydrogen (secondary N) is 1. The highest BCUT2D eigenvalue weighted by molar-refractivity contribution is 6.26. The number of para-hydroxylation sites is 1. The highest BCUT2D eigenvalue weighted by atomic mass is 16.3. The van der Waals surface area contributed by atoms with Crippen LogP contribution in [0.2, 0.25) is 0 Å². The molecule has 2 heterocycles. The van der Waals surface area contributed by atoms with Gasteiger partial charge < -0.3 is 9.73 Å². The van der Waals surface area contributed by atoms with E-state index in [1.165, 1.54) is 21.5 Å². The van der Waals surface area contributed by atoms with E-state index in [-0.39, 0.29) is 6.17 Å². The first kappa shape index (κ1) is 25.5. The molecule has 4 heteroatoms. The van der Waals surface area contributed by atoms with Crippen molar-refractivity contribution in [2.75, 3.05) is 0 Å². The zero-order valence-corrected chi connectivity index (χ0v) is 24.3. The quantitative estimate of drug-likeness (QED) is 0.212. The van der Waals surface area contributed by atoms with Gasteiger partial charge in [0.1, 0.15) is 23.2 Å². The van der Waals surface area contributed by atoms with E-state index in [2.05, 4.69) is 121 Å². The number of hydrogen-bond acceptors (Lipinski definition) is 4. The molecule has 1 atom stereocenters. The third kappa shape index (κ3) is 4.22. The molecule has 0 fully saturated rings. The van der Waals surface area contributed by atoms with E-state index < -0.39 is 0 Å². The molecule has 1 aliphatic heterocycles. The van der Waals surface area contributed by atoms with E-state index in [4.69, 9.17) is 14.4 Å². The smallest absolute Gasteiger partial charge is 0.159 e. The van der Waals surface area contributed by atoms with E-state index in [0.717, 1.165) is 55.6 Å². The zero-order chi connectivity index (χ0) is 29.7. The summed E-state index contributed by atoms with van der Waals surface area (Å²) in [5, 5.41) is 10.7. The molecule has 7 aromatic carbocycles. The molecule has 0 amide bonds. The van der Waals surface area contributed by atoms with Crippen LogP contribution in [0.15, 0.2) is 166 Å². The van der Waals surface area contributed by atoms with Crippen LogP contribution < -0.4 is 5.32 Å². The minimum absolute atomic E-state index is 0.316. The SMILES string of the molecule is c1ccc(C2=NC(c3ccccc3)NC(c3c(-c4cc5ccccc5c5ccccc45)ccc4oc5ccccc5c34)=N2)cc1. The van der Waals surface area contributed by atoms with Crippen molar-refractivity contribution in [1.82, 2.24) is 5.32 Å². The van der Waals surface area contributed by atoms with Crippen molar-refractivity contribution >= 4 is 55.2 Å². The van der Waals surface area contributed by atoms with Crippen LogP contribution >= 0.6 is 0 Å². The zero-order valence-electron chi connectivity index (χ0n) is 24.3. The van der Waals surface area contributed by atoms with Gasteiger partial charge >= 0.3 is 0 Å². The maximum absolute atomic E-state index is 6.44. The van der Waals surface area contributed by atoms with Crippen LogP contribution in [-0.2, 0) is 0 Å². The number of furan rings is 1. The topological polar surface area (TPSA) is 49.9 Å². The van der Waals surface area contributed by atoms with E-state index >= 15 is 0 Å². The summed E-state index contributed by atoms with van der Waals surface area (Å²) in [6.07, 6.45) is -0.316. The van der Waals surface area contributed by atoms with Gasteiger partial charge in [0.15, 0.2) is 5.84 Å². The molecule has 0 bridgehead atoms. The molecule has 0 saturated heterocycles. The first-order valence-electron chi connectivity index (χ1n) is 15.2. The largest absolute Gasteiger partial charge is 0.456 e. The van der Waals surface area contributed by atoms with Gasteiger partial charge in [-0.1, -0.05) is 127 Å². The summed E-state index contributed by atoms with van der Waals surface area (Å²) in [7, 11) is 0. The van der Waals surface area contributed by atoms with E-state index in [1.807, 2.05) is 36.4 Å². The molecule has 1 N–H and O–H groups in total. The summed E-state index contributed by atoms with van der Waals surface area (Å²) < 4.78 is 6.44. The van der Waals surface area contributed by atoms with Gasteiger partial charge in [-0.15, -0.1) is 0 Å². The maximum atomic E-state index is 6.44. The Bertz CT molecular complexity index is 2460. The van der Waals surface area contributed by atoms with Crippen LogP contribution in [0.4, 0.5) is 0 Å². The number of amidine groups is 2. The molecule has 1 aliphatic rings. The molecule has 0 radical (unpaired) electrons. The number of benzene rings is 7. The van der Waals surface area contributed by atoms with Crippen molar-refractivity contribution in [3.8, 4) is 11.1 Å². The lowest BCUT2D eigenvalue weighted by Gasteiger charge is -2.25. The Hall–Kier alpha value is -6.00. The normalized spacial score (nSPS) is 14.9. The molecule has 1 aromatic heterocycles. The molecule has 9 rings (SSSR count). The highest BCUT2D eigenvalue weighted by Crippen LogP contribution is 2.42. The first-order chi connectivity index (χ1) is 22.3. The monoisotopic (exact) mass is 577 g/mol. The molecule has 1 unspecified atom stereocenters. The van der Waals surface area contributed by atoms with Gasteiger partial charge in [-0.05, 0) is 62.5 Å². The summed E-state index contributed by atoms with van der Waals surface area (Å²) in [5.74, 6) is 1.46. The van der Waals surface area contributed by atoms with E-state index in [1.54, 1.807) is 0 Å². The molecule has 0 saturated carbocycles. The average molecular weight is 578 g/mol. The van der Waals surface area contributed by atoms with E-state index in [9.17, 15) is 0 Å². The van der Waals surface area contributed by atoms with Crippen LogP contribution in [0, 0.1) is 0 Å². The summed E-state index contributed by atoms with van der Waals surface area (Å²) >= 11 is 0. The Kier molecular flexibility index (Phi) is 5.85. The van der Waals surface area contributed by atoms with Crippen LogP contribution in [-0.4, -0.2) is 11.7 Å². The molecule has 8 aromatic rings. The minimum atomic E-state index is -0.316. The Morgan fingerprint density at radius 3 is 2.02 bits per heavy atom. The van der Waals surface area contributed by atoms with Crippen LogP contribution in [0.5, 0.6) is 0 Å². The Morgan fingerprint density at radius 2 is 1.20 bits per heavy atom. The van der Waals surface area contributed by atoms with Crippen LogP contribution in [0.1, 0.15) is 22.9 Å². The van der Waals surface area contributed by atoms with Gasteiger partial charge in [0, 0.05) is 21.9 Å². The predicted molar refractivity (Wildman–Crippen MR) is 186 cm³/mol. The average Bonchev–Trinajstić information content (AvgIpc) is 3.50.